The summed E-state index contributed by atoms with van der Waals surface area (Å²) in [6, 6.07) is 4.86. The molecule has 0 spiro atoms. The third-order valence-electron chi connectivity index (χ3n) is 3.23. The molecule has 0 unspecified atom stereocenters. The van der Waals surface area contributed by atoms with Crippen molar-refractivity contribution in [3.05, 3.63) is 23.8 Å². The number of nitrogens with one attached hydrogen (secondary N) is 1. The highest BCUT2D eigenvalue weighted by Gasteiger charge is 2.33. The number of amides is 1. The molecule has 2 rings (SSSR count). The molecular weight excluding hydrogens is 218 g/mol. The number of aliphatic hydroxyl groups is 1. The van der Waals surface area contributed by atoms with Crippen molar-refractivity contribution in [2.75, 3.05) is 17.6 Å². The number of rotatable bonds is 4. The van der Waals surface area contributed by atoms with Gasteiger partial charge in [-0.15, -0.1) is 0 Å². The first kappa shape index (κ1) is 11.7. The lowest BCUT2D eigenvalue weighted by Gasteiger charge is -2.37. The molecule has 1 fully saturated rings. The van der Waals surface area contributed by atoms with Crippen LogP contribution in [0, 0.1) is 0 Å². The molecule has 1 aromatic carbocycles. The standard InChI is InChI=1S/C12H17N3O2/c13-9-6-8(11(14)16)2-3-10(9)15-7-12(17)4-1-5-12/h2-3,6,15,17H,1,4-5,7,13H2,(H2,14,16). The molecular formula is C12H17N3O2. The van der Waals surface area contributed by atoms with Gasteiger partial charge in [-0.25, -0.2) is 0 Å². The van der Waals surface area contributed by atoms with Gasteiger partial charge in [0.25, 0.3) is 0 Å². The van der Waals surface area contributed by atoms with Crippen LogP contribution in [-0.4, -0.2) is 23.2 Å². The molecule has 0 radical (unpaired) electrons. The number of nitrogen functional groups attached to an aromatic ring is 1. The van der Waals surface area contributed by atoms with Crippen molar-refractivity contribution < 1.29 is 9.90 Å². The Hall–Kier alpha value is -1.75. The van der Waals surface area contributed by atoms with Crippen molar-refractivity contribution >= 4 is 17.3 Å². The second-order valence-electron chi connectivity index (χ2n) is 4.60. The van der Waals surface area contributed by atoms with Gasteiger partial charge in [0, 0.05) is 12.1 Å². The molecule has 5 nitrogen and oxygen atoms in total. The van der Waals surface area contributed by atoms with Crippen LogP contribution >= 0.6 is 0 Å². The molecule has 0 atom stereocenters. The minimum absolute atomic E-state index is 0.385. The van der Waals surface area contributed by atoms with Gasteiger partial charge in [-0.1, -0.05) is 0 Å². The summed E-state index contributed by atoms with van der Waals surface area (Å²) in [6.07, 6.45) is 2.70. The lowest BCUT2D eigenvalue weighted by molar-refractivity contribution is -0.0201. The first-order chi connectivity index (χ1) is 8.00. The Kier molecular flexibility index (Phi) is 2.93. The van der Waals surface area contributed by atoms with Crippen molar-refractivity contribution in [1.82, 2.24) is 0 Å². The maximum absolute atomic E-state index is 10.9. The summed E-state index contributed by atoms with van der Waals surface area (Å²) in [6.45, 7) is 0.479. The molecule has 0 heterocycles. The number of nitrogens with two attached hydrogens (primary N) is 2. The van der Waals surface area contributed by atoms with Crippen LogP contribution in [0.2, 0.25) is 0 Å². The van der Waals surface area contributed by atoms with Crippen molar-refractivity contribution in [1.29, 1.82) is 0 Å². The van der Waals surface area contributed by atoms with Crippen molar-refractivity contribution in [2.24, 2.45) is 5.73 Å². The molecule has 5 heteroatoms. The van der Waals surface area contributed by atoms with E-state index in [2.05, 4.69) is 5.32 Å². The first-order valence-electron chi connectivity index (χ1n) is 5.66. The van der Waals surface area contributed by atoms with Gasteiger partial charge in [0.15, 0.2) is 0 Å². The third-order valence-corrected chi connectivity index (χ3v) is 3.23. The number of hydrogen-bond donors (Lipinski definition) is 4. The van der Waals surface area contributed by atoms with Gasteiger partial charge in [0.05, 0.1) is 17.0 Å². The summed E-state index contributed by atoms with van der Waals surface area (Å²) in [4.78, 5) is 10.9. The normalized spacial score (nSPS) is 17.2. The number of carbonyl (C=O) groups is 1. The molecule has 1 amide bonds. The molecule has 1 aromatic rings. The molecule has 1 aliphatic rings. The van der Waals surface area contributed by atoms with Gasteiger partial charge in [-0.2, -0.15) is 0 Å². The van der Waals surface area contributed by atoms with E-state index in [4.69, 9.17) is 11.5 Å². The van der Waals surface area contributed by atoms with Crippen molar-refractivity contribution in [3.63, 3.8) is 0 Å². The highest BCUT2D eigenvalue weighted by atomic mass is 16.3. The highest BCUT2D eigenvalue weighted by molar-refractivity contribution is 5.94. The van der Waals surface area contributed by atoms with Gasteiger partial charge in [0.2, 0.25) is 5.91 Å². The van der Waals surface area contributed by atoms with E-state index in [0.29, 0.717) is 17.8 Å². The zero-order valence-corrected chi connectivity index (χ0v) is 9.57. The largest absolute Gasteiger partial charge is 0.397 e. The van der Waals surface area contributed by atoms with E-state index in [-0.39, 0.29) is 0 Å². The van der Waals surface area contributed by atoms with E-state index in [9.17, 15) is 9.90 Å². The first-order valence-corrected chi connectivity index (χ1v) is 5.66. The number of hydrogen-bond acceptors (Lipinski definition) is 4. The fourth-order valence-electron chi connectivity index (χ4n) is 1.90. The van der Waals surface area contributed by atoms with Crippen LogP contribution in [0.5, 0.6) is 0 Å². The fourth-order valence-corrected chi connectivity index (χ4v) is 1.90. The molecule has 0 bridgehead atoms. The van der Waals surface area contributed by atoms with E-state index in [1.807, 2.05) is 0 Å². The van der Waals surface area contributed by atoms with Crippen LogP contribution < -0.4 is 16.8 Å². The lowest BCUT2D eigenvalue weighted by Crippen LogP contribution is -2.43. The molecule has 1 saturated carbocycles. The van der Waals surface area contributed by atoms with E-state index in [0.717, 1.165) is 24.9 Å². The Bertz CT molecular complexity index is 441. The predicted molar refractivity (Wildman–Crippen MR) is 66.7 cm³/mol. The average Bonchev–Trinajstić information content (AvgIpc) is 2.24. The third kappa shape index (κ3) is 2.50. The van der Waals surface area contributed by atoms with Crippen molar-refractivity contribution in [2.45, 2.75) is 24.9 Å². The fraction of sp³-hybridized carbons (Fsp3) is 0.417. The molecule has 1 aliphatic carbocycles. The van der Waals surface area contributed by atoms with Gasteiger partial charge in [0.1, 0.15) is 0 Å². The van der Waals surface area contributed by atoms with Crippen LogP contribution in [0.15, 0.2) is 18.2 Å². The molecule has 0 saturated heterocycles. The van der Waals surface area contributed by atoms with Crippen LogP contribution in [0.1, 0.15) is 29.6 Å². The summed E-state index contributed by atoms with van der Waals surface area (Å²) in [5.74, 6) is -0.499. The quantitative estimate of drug-likeness (QED) is 0.577. The van der Waals surface area contributed by atoms with Crippen molar-refractivity contribution in [3.8, 4) is 0 Å². The van der Waals surface area contributed by atoms with Crippen LogP contribution in [0.3, 0.4) is 0 Å². The number of anilines is 2. The maximum atomic E-state index is 10.9. The van der Waals surface area contributed by atoms with Crippen LogP contribution in [0.25, 0.3) is 0 Å². The summed E-state index contributed by atoms with van der Waals surface area (Å²) in [7, 11) is 0. The van der Waals surface area contributed by atoms with E-state index in [1.54, 1.807) is 12.1 Å². The number of carbonyl (C=O) groups excluding carboxylic acids is 1. The Morgan fingerprint density at radius 1 is 1.47 bits per heavy atom. The van der Waals surface area contributed by atoms with Gasteiger partial charge in [-0.3, -0.25) is 4.79 Å². The van der Waals surface area contributed by atoms with Gasteiger partial charge in [-0.05, 0) is 37.5 Å². The molecule has 6 N–H and O–H groups in total. The minimum Gasteiger partial charge on any atom is -0.397 e. The molecule has 0 aromatic heterocycles. The average molecular weight is 235 g/mol. The number of primary amides is 1. The summed E-state index contributed by atoms with van der Waals surface area (Å²) in [5.41, 5.74) is 11.9. The summed E-state index contributed by atoms with van der Waals surface area (Å²) >= 11 is 0. The minimum atomic E-state index is -0.602. The van der Waals surface area contributed by atoms with Crippen LogP contribution in [0.4, 0.5) is 11.4 Å². The Balaban J connectivity index is 2.03. The van der Waals surface area contributed by atoms with Gasteiger partial charge < -0.3 is 21.9 Å². The summed E-state index contributed by atoms with van der Waals surface area (Å²) in [5, 5.41) is 13.0. The maximum Gasteiger partial charge on any atom is 0.248 e. The Labute approximate surface area is 99.8 Å². The second kappa shape index (κ2) is 4.25. The number of benzene rings is 1. The topological polar surface area (TPSA) is 101 Å². The summed E-state index contributed by atoms with van der Waals surface area (Å²) < 4.78 is 0. The van der Waals surface area contributed by atoms with E-state index >= 15 is 0 Å². The zero-order chi connectivity index (χ0) is 12.5. The SMILES string of the molecule is NC(=O)c1ccc(NCC2(O)CCC2)c(N)c1. The second-order valence-corrected chi connectivity index (χ2v) is 4.60. The van der Waals surface area contributed by atoms with Crippen LogP contribution in [-0.2, 0) is 0 Å². The Morgan fingerprint density at radius 3 is 2.65 bits per heavy atom. The lowest BCUT2D eigenvalue weighted by atomic mass is 9.80. The van der Waals surface area contributed by atoms with Gasteiger partial charge >= 0.3 is 0 Å². The molecule has 92 valence electrons. The molecule has 0 aliphatic heterocycles. The monoisotopic (exact) mass is 235 g/mol. The predicted octanol–water partition coefficient (Wildman–Crippen LogP) is 0.695. The van der Waals surface area contributed by atoms with E-state index < -0.39 is 11.5 Å². The highest BCUT2D eigenvalue weighted by Crippen LogP contribution is 2.32. The Morgan fingerprint density at radius 2 is 2.18 bits per heavy atom. The zero-order valence-electron chi connectivity index (χ0n) is 9.57. The molecule has 17 heavy (non-hydrogen) atoms. The van der Waals surface area contributed by atoms with E-state index in [1.165, 1.54) is 6.07 Å². The smallest absolute Gasteiger partial charge is 0.248 e.